The smallest absolute Gasteiger partial charge is 0.299 e. The van der Waals surface area contributed by atoms with Gasteiger partial charge in [0, 0.05) is 11.3 Å². The molecule has 2 unspecified atom stereocenters. The van der Waals surface area contributed by atoms with Gasteiger partial charge in [0.05, 0.1) is 5.70 Å². The lowest BCUT2D eigenvalue weighted by molar-refractivity contribution is -0.681. The number of carbonyl (C=O) groups is 1. The highest BCUT2D eigenvalue weighted by Gasteiger charge is 2.45. The summed E-state index contributed by atoms with van der Waals surface area (Å²) in [7, 11) is 0. The van der Waals surface area contributed by atoms with E-state index in [2.05, 4.69) is 63.6 Å². The van der Waals surface area contributed by atoms with Crippen LogP contribution in [0.4, 0.5) is 5.95 Å². The molecule has 2 aliphatic rings. The van der Waals surface area contributed by atoms with Crippen LogP contribution in [0.3, 0.4) is 0 Å². The summed E-state index contributed by atoms with van der Waals surface area (Å²) in [5, 5.41) is 3.48. The minimum Gasteiger partial charge on any atom is -0.299 e. The summed E-state index contributed by atoms with van der Waals surface area (Å²) in [6.45, 7) is 0. The molecule has 0 saturated heterocycles. The molecule has 0 radical (unpaired) electrons. The maximum absolute atomic E-state index is 12.9. The fourth-order valence-electron chi connectivity index (χ4n) is 4.21. The minimum absolute atomic E-state index is 0.0302. The van der Waals surface area contributed by atoms with Crippen LogP contribution in [0.5, 0.6) is 0 Å². The van der Waals surface area contributed by atoms with Crippen LogP contribution in [0.2, 0.25) is 0 Å². The number of H-pyrrole nitrogens is 1. The Morgan fingerprint density at radius 1 is 1.12 bits per heavy atom. The van der Waals surface area contributed by atoms with E-state index in [-0.39, 0.29) is 12.0 Å². The van der Waals surface area contributed by atoms with Crippen LogP contribution in [0, 0.1) is 5.92 Å². The van der Waals surface area contributed by atoms with Gasteiger partial charge in [-0.05, 0) is 48.6 Å². The number of imidazole rings is 1. The van der Waals surface area contributed by atoms with Crippen molar-refractivity contribution in [3.63, 3.8) is 0 Å². The summed E-state index contributed by atoms with van der Waals surface area (Å²) < 4.78 is 2.26. The van der Waals surface area contributed by atoms with E-state index in [0.717, 1.165) is 29.1 Å². The third kappa shape index (κ3) is 2.31. The number of ketones is 1. The van der Waals surface area contributed by atoms with Crippen molar-refractivity contribution in [2.45, 2.75) is 23.8 Å². The number of benzene rings is 2. The highest BCUT2D eigenvalue weighted by atomic mass is 32.2. The van der Waals surface area contributed by atoms with Crippen molar-refractivity contribution < 1.29 is 9.36 Å². The number of aromatic amines is 1. The van der Waals surface area contributed by atoms with Crippen molar-refractivity contribution in [2.75, 3.05) is 11.6 Å². The summed E-state index contributed by atoms with van der Waals surface area (Å²) in [4.78, 5) is 17.6. The standard InChI is InChI=1S/C21H19N3OS/c1-26-14-11-9-13(10-12-14)20-19-16(6-4-8-18(19)25)23-21-22-15-5-2-3-7-17(15)24(20)21/h2-3,5-7,9-12,19-20H,4,8H2,1H3,(H,22,23)/p+1. The highest BCUT2D eigenvalue weighted by molar-refractivity contribution is 7.98. The van der Waals surface area contributed by atoms with E-state index in [1.54, 1.807) is 11.8 Å². The number of aromatic nitrogens is 2. The molecule has 0 amide bonds. The van der Waals surface area contributed by atoms with Crippen LogP contribution in [-0.4, -0.2) is 17.0 Å². The zero-order valence-corrected chi connectivity index (χ0v) is 15.3. The Bertz CT molecular complexity index is 1040. The molecule has 5 rings (SSSR count). The van der Waals surface area contributed by atoms with Crippen LogP contribution in [-0.2, 0) is 4.79 Å². The van der Waals surface area contributed by atoms with Crippen molar-refractivity contribution in [3.8, 4) is 0 Å². The Kier molecular flexibility index (Phi) is 3.64. The lowest BCUT2D eigenvalue weighted by atomic mass is 9.80. The van der Waals surface area contributed by atoms with Gasteiger partial charge in [0.25, 0.3) is 0 Å². The van der Waals surface area contributed by atoms with Gasteiger partial charge >= 0.3 is 5.95 Å². The fraction of sp³-hybridized carbons (Fsp3) is 0.238. The number of para-hydroxylation sites is 2. The molecule has 5 heteroatoms. The predicted octanol–water partition coefficient (Wildman–Crippen LogP) is 4.06. The molecule has 26 heavy (non-hydrogen) atoms. The molecule has 3 aromatic rings. The van der Waals surface area contributed by atoms with Gasteiger partial charge in [-0.25, -0.2) is 14.9 Å². The van der Waals surface area contributed by atoms with Crippen molar-refractivity contribution in [1.29, 1.82) is 0 Å². The first-order valence-corrected chi connectivity index (χ1v) is 10.1. The largest absolute Gasteiger partial charge is 0.361 e. The van der Waals surface area contributed by atoms with Gasteiger partial charge in [0.15, 0.2) is 0 Å². The van der Waals surface area contributed by atoms with Crippen LogP contribution in [0.1, 0.15) is 24.4 Å². The maximum Gasteiger partial charge on any atom is 0.361 e. The van der Waals surface area contributed by atoms with Crippen LogP contribution in [0.15, 0.2) is 65.2 Å². The molecule has 2 N–H and O–H groups in total. The van der Waals surface area contributed by atoms with Crippen molar-refractivity contribution in [3.05, 3.63) is 65.9 Å². The van der Waals surface area contributed by atoms with Gasteiger partial charge in [-0.2, -0.15) is 0 Å². The van der Waals surface area contributed by atoms with Crippen LogP contribution < -0.4 is 9.88 Å². The van der Waals surface area contributed by atoms with E-state index in [1.807, 2.05) is 12.1 Å². The van der Waals surface area contributed by atoms with E-state index in [9.17, 15) is 4.79 Å². The third-order valence-electron chi connectivity index (χ3n) is 5.41. The molecule has 1 aromatic heterocycles. The van der Waals surface area contributed by atoms with Gasteiger partial charge < -0.3 is 0 Å². The average Bonchev–Trinajstić information content (AvgIpc) is 3.05. The summed E-state index contributed by atoms with van der Waals surface area (Å²) in [5.74, 6) is 1.11. The molecule has 0 bridgehead atoms. The summed E-state index contributed by atoms with van der Waals surface area (Å²) in [6, 6.07) is 16.9. The second-order valence-electron chi connectivity index (χ2n) is 6.85. The van der Waals surface area contributed by atoms with Gasteiger partial charge in [0.1, 0.15) is 28.8 Å². The van der Waals surface area contributed by atoms with Crippen molar-refractivity contribution in [1.82, 2.24) is 4.98 Å². The van der Waals surface area contributed by atoms with Gasteiger partial charge in [0.2, 0.25) is 0 Å². The monoisotopic (exact) mass is 362 g/mol. The number of thioether (sulfide) groups is 1. The lowest BCUT2D eigenvalue weighted by Gasteiger charge is -2.33. The molecule has 0 saturated carbocycles. The molecule has 2 atom stereocenters. The summed E-state index contributed by atoms with van der Waals surface area (Å²) in [6.07, 6.45) is 5.70. The zero-order valence-electron chi connectivity index (χ0n) is 14.5. The van der Waals surface area contributed by atoms with Crippen molar-refractivity contribution >= 4 is 34.5 Å². The van der Waals surface area contributed by atoms with E-state index in [1.165, 1.54) is 10.5 Å². The highest BCUT2D eigenvalue weighted by Crippen LogP contribution is 2.39. The molecule has 1 aliphatic carbocycles. The third-order valence-corrected chi connectivity index (χ3v) is 6.15. The van der Waals surface area contributed by atoms with Gasteiger partial charge in [-0.15, -0.1) is 11.8 Å². The van der Waals surface area contributed by atoms with Crippen molar-refractivity contribution in [2.24, 2.45) is 5.92 Å². The van der Waals surface area contributed by atoms with Gasteiger partial charge in [-0.3, -0.25) is 4.79 Å². The second kappa shape index (κ2) is 6.02. The Labute approximate surface area is 156 Å². The Morgan fingerprint density at radius 3 is 2.73 bits per heavy atom. The number of Topliss-reactive ketones (excluding diaryl/α,β-unsaturated/α-hetero) is 1. The average molecular weight is 362 g/mol. The topological polar surface area (TPSA) is 48.8 Å². The van der Waals surface area contributed by atoms with E-state index in [4.69, 9.17) is 0 Å². The second-order valence-corrected chi connectivity index (χ2v) is 7.73. The number of nitrogens with one attached hydrogen (secondary N) is 2. The van der Waals surface area contributed by atoms with Crippen LogP contribution >= 0.6 is 11.8 Å². The number of hydrogen-bond acceptors (Lipinski definition) is 3. The summed E-state index contributed by atoms with van der Waals surface area (Å²) in [5.41, 5.74) is 4.40. The Balaban J connectivity index is 1.76. The first-order chi connectivity index (χ1) is 12.8. The SMILES string of the molecule is CSc1ccc(C2C3C(=O)CCC=C3Nc3[nH]c4ccccc4[n+]32)cc1. The Hall–Kier alpha value is -2.53. The minimum atomic E-state index is -0.152. The number of anilines is 1. The molecule has 0 spiro atoms. The van der Waals surface area contributed by atoms with E-state index < -0.39 is 0 Å². The number of fused-ring (bicyclic) bond motifs is 4. The molecule has 4 nitrogen and oxygen atoms in total. The zero-order chi connectivity index (χ0) is 17.7. The number of rotatable bonds is 2. The molecule has 0 fully saturated rings. The molecule has 130 valence electrons. The summed E-state index contributed by atoms with van der Waals surface area (Å²) >= 11 is 1.73. The maximum atomic E-state index is 12.9. The molecular weight excluding hydrogens is 342 g/mol. The van der Waals surface area contributed by atoms with E-state index in [0.29, 0.717) is 12.2 Å². The normalized spacial score (nSPS) is 21.7. The van der Waals surface area contributed by atoms with Crippen LogP contribution in [0.25, 0.3) is 11.0 Å². The molecule has 2 heterocycles. The molecule has 2 aromatic carbocycles. The number of carbonyl (C=O) groups excluding carboxylic acids is 1. The fourth-order valence-corrected chi connectivity index (χ4v) is 4.62. The van der Waals surface area contributed by atoms with Gasteiger partial charge in [-0.1, -0.05) is 24.3 Å². The first kappa shape index (κ1) is 15.7. The number of hydrogen-bond donors (Lipinski definition) is 2. The molecular formula is C21H20N3OS+. The Morgan fingerprint density at radius 2 is 1.92 bits per heavy atom. The number of allylic oxidation sites excluding steroid dienone is 2. The lowest BCUT2D eigenvalue weighted by Crippen LogP contribution is -2.53. The predicted molar refractivity (Wildman–Crippen MR) is 104 cm³/mol. The molecule has 1 aliphatic heterocycles. The first-order valence-electron chi connectivity index (χ1n) is 8.92. The quantitative estimate of drug-likeness (QED) is 0.534. The van der Waals surface area contributed by atoms with E-state index >= 15 is 0 Å². The number of nitrogens with zero attached hydrogens (tertiary/aromatic N) is 1.